The van der Waals surface area contributed by atoms with Gasteiger partial charge in [-0.1, -0.05) is 31.4 Å². The summed E-state index contributed by atoms with van der Waals surface area (Å²) in [5, 5.41) is 0.488. The van der Waals surface area contributed by atoms with Crippen LogP contribution in [0.2, 0.25) is 5.15 Å². The highest BCUT2D eigenvalue weighted by Crippen LogP contribution is 2.38. The molecule has 1 aromatic rings. The largest absolute Gasteiger partial charge is 0.478 e. The van der Waals surface area contributed by atoms with Crippen molar-refractivity contribution in [2.24, 2.45) is 0 Å². The monoisotopic (exact) mass is 240 g/mol. The lowest BCUT2D eigenvalue weighted by Crippen LogP contribution is -2.02. The van der Waals surface area contributed by atoms with Crippen LogP contribution in [0.25, 0.3) is 0 Å². The number of nitrogens with zero attached hydrogens (tertiary/aromatic N) is 2. The van der Waals surface area contributed by atoms with Gasteiger partial charge in [0.1, 0.15) is 11.0 Å². The zero-order valence-electron chi connectivity index (χ0n) is 9.58. The summed E-state index contributed by atoms with van der Waals surface area (Å²) in [6, 6.07) is 1.69. The third-order valence-electron chi connectivity index (χ3n) is 2.63. The minimum atomic E-state index is 0.488. The molecule has 16 heavy (non-hydrogen) atoms. The molecule has 0 spiro atoms. The van der Waals surface area contributed by atoms with Crippen molar-refractivity contribution in [3.8, 4) is 5.88 Å². The predicted molar refractivity (Wildman–Crippen MR) is 64.0 cm³/mol. The molecule has 0 amide bonds. The van der Waals surface area contributed by atoms with Crippen LogP contribution in [-0.4, -0.2) is 16.6 Å². The van der Waals surface area contributed by atoms with Crippen molar-refractivity contribution in [1.29, 1.82) is 0 Å². The molecule has 4 heteroatoms. The van der Waals surface area contributed by atoms with Gasteiger partial charge in [0.05, 0.1) is 6.61 Å². The number of hydrogen-bond donors (Lipinski definition) is 0. The average molecular weight is 241 g/mol. The fourth-order valence-corrected chi connectivity index (χ4v) is 1.72. The van der Waals surface area contributed by atoms with E-state index < -0.39 is 0 Å². The summed E-state index contributed by atoms with van der Waals surface area (Å²) in [7, 11) is 0. The van der Waals surface area contributed by atoms with E-state index in [0.717, 1.165) is 12.2 Å². The van der Waals surface area contributed by atoms with Gasteiger partial charge in [-0.2, -0.15) is 4.98 Å². The minimum absolute atomic E-state index is 0.488. The Morgan fingerprint density at radius 2 is 2.19 bits per heavy atom. The maximum Gasteiger partial charge on any atom is 0.218 e. The fraction of sp³-hybridized carbons (Fsp3) is 0.667. The van der Waals surface area contributed by atoms with Gasteiger partial charge in [0.15, 0.2) is 0 Å². The smallest absolute Gasteiger partial charge is 0.218 e. The summed E-state index contributed by atoms with van der Waals surface area (Å²) < 4.78 is 5.57. The van der Waals surface area contributed by atoms with E-state index >= 15 is 0 Å². The van der Waals surface area contributed by atoms with Gasteiger partial charge in [-0.05, 0) is 19.3 Å². The molecule has 1 aliphatic carbocycles. The number of hydrogen-bond acceptors (Lipinski definition) is 3. The van der Waals surface area contributed by atoms with Gasteiger partial charge < -0.3 is 4.74 Å². The number of aromatic nitrogens is 2. The summed E-state index contributed by atoms with van der Waals surface area (Å²) >= 11 is 5.93. The Labute approximate surface area is 101 Å². The van der Waals surface area contributed by atoms with Gasteiger partial charge in [0.2, 0.25) is 5.88 Å². The van der Waals surface area contributed by atoms with Gasteiger partial charge in [-0.3, -0.25) is 0 Å². The fourth-order valence-electron chi connectivity index (χ4n) is 1.54. The Bertz CT molecular complexity index is 353. The van der Waals surface area contributed by atoms with Crippen molar-refractivity contribution in [2.75, 3.05) is 6.61 Å². The summed E-state index contributed by atoms with van der Waals surface area (Å²) in [6.45, 7) is 2.89. The molecule has 0 aliphatic heterocycles. The lowest BCUT2D eigenvalue weighted by atomic mass is 10.3. The van der Waals surface area contributed by atoms with Gasteiger partial charge in [0.25, 0.3) is 0 Å². The van der Waals surface area contributed by atoms with E-state index in [1.165, 1.54) is 25.7 Å². The lowest BCUT2D eigenvalue weighted by molar-refractivity contribution is 0.293. The first-order valence-corrected chi connectivity index (χ1v) is 6.34. The maximum absolute atomic E-state index is 5.93. The van der Waals surface area contributed by atoms with Crippen molar-refractivity contribution in [1.82, 2.24) is 9.97 Å². The quantitative estimate of drug-likeness (QED) is 0.563. The second kappa shape index (κ2) is 5.48. The number of ether oxygens (including phenoxy) is 1. The molecule has 3 nitrogen and oxygen atoms in total. The van der Waals surface area contributed by atoms with Crippen molar-refractivity contribution >= 4 is 11.6 Å². The molecule has 1 aliphatic rings. The normalized spacial score (nSPS) is 15.1. The van der Waals surface area contributed by atoms with Gasteiger partial charge in [-0.15, -0.1) is 0 Å². The minimum Gasteiger partial charge on any atom is -0.478 e. The summed E-state index contributed by atoms with van der Waals surface area (Å²) in [4.78, 5) is 8.59. The number of halogens is 1. The Morgan fingerprint density at radius 1 is 1.38 bits per heavy atom. The van der Waals surface area contributed by atoms with Gasteiger partial charge in [-0.25, -0.2) is 4.98 Å². The first kappa shape index (κ1) is 11.6. The van der Waals surface area contributed by atoms with E-state index in [9.17, 15) is 0 Å². The lowest BCUT2D eigenvalue weighted by Gasteiger charge is -2.06. The molecule has 0 bridgehead atoms. The standard InChI is InChI=1S/C12H17ClN2O/c1-2-3-4-7-16-11-8-10(13)14-12(15-11)9-5-6-9/h8-9H,2-7H2,1H3. The van der Waals surface area contributed by atoms with E-state index in [4.69, 9.17) is 16.3 Å². The molecule has 0 radical (unpaired) electrons. The van der Waals surface area contributed by atoms with Crippen molar-refractivity contribution < 1.29 is 4.74 Å². The third kappa shape index (κ3) is 3.34. The molecule has 0 unspecified atom stereocenters. The molecule has 0 N–H and O–H groups in total. The van der Waals surface area contributed by atoms with Gasteiger partial charge >= 0.3 is 0 Å². The summed E-state index contributed by atoms with van der Waals surface area (Å²) in [5.41, 5.74) is 0. The summed E-state index contributed by atoms with van der Waals surface area (Å²) in [6.07, 6.45) is 5.80. The van der Waals surface area contributed by atoms with Crippen LogP contribution in [0.3, 0.4) is 0 Å². The van der Waals surface area contributed by atoms with Crippen LogP contribution in [0.15, 0.2) is 6.07 Å². The first-order valence-electron chi connectivity index (χ1n) is 5.97. The molecule has 1 fully saturated rings. The molecular formula is C12H17ClN2O. The zero-order valence-corrected chi connectivity index (χ0v) is 10.3. The van der Waals surface area contributed by atoms with Crippen molar-refractivity contribution in [2.45, 2.75) is 44.9 Å². The molecular weight excluding hydrogens is 224 g/mol. The molecule has 1 heterocycles. The Balaban J connectivity index is 1.92. The van der Waals surface area contributed by atoms with E-state index in [1.54, 1.807) is 6.07 Å². The van der Waals surface area contributed by atoms with E-state index in [1.807, 2.05) is 0 Å². The van der Waals surface area contributed by atoms with Crippen LogP contribution in [0, 0.1) is 0 Å². The van der Waals surface area contributed by atoms with Crippen LogP contribution >= 0.6 is 11.6 Å². The predicted octanol–water partition coefficient (Wildman–Crippen LogP) is 3.58. The number of rotatable bonds is 6. The zero-order chi connectivity index (χ0) is 11.4. The number of unbranched alkanes of at least 4 members (excludes halogenated alkanes) is 2. The Morgan fingerprint density at radius 3 is 2.88 bits per heavy atom. The molecule has 88 valence electrons. The van der Waals surface area contributed by atoms with Crippen molar-refractivity contribution in [3.63, 3.8) is 0 Å². The van der Waals surface area contributed by atoms with Crippen LogP contribution in [-0.2, 0) is 0 Å². The first-order chi connectivity index (χ1) is 7.79. The van der Waals surface area contributed by atoms with E-state index in [2.05, 4.69) is 16.9 Å². The summed E-state index contributed by atoms with van der Waals surface area (Å²) in [5.74, 6) is 1.98. The second-order valence-corrected chi connectivity index (χ2v) is 4.60. The van der Waals surface area contributed by atoms with Crippen LogP contribution < -0.4 is 4.74 Å². The highest BCUT2D eigenvalue weighted by Gasteiger charge is 2.27. The Kier molecular flexibility index (Phi) is 3.99. The molecule has 1 saturated carbocycles. The molecule has 0 aromatic carbocycles. The molecule has 0 atom stereocenters. The maximum atomic E-state index is 5.93. The second-order valence-electron chi connectivity index (χ2n) is 4.22. The van der Waals surface area contributed by atoms with Crippen LogP contribution in [0.5, 0.6) is 5.88 Å². The molecule has 0 saturated heterocycles. The highest BCUT2D eigenvalue weighted by atomic mass is 35.5. The SMILES string of the molecule is CCCCCOc1cc(Cl)nc(C2CC2)n1. The topological polar surface area (TPSA) is 35.0 Å². The average Bonchev–Trinajstić information content (AvgIpc) is 3.07. The van der Waals surface area contributed by atoms with Crippen LogP contribution in [0.1, 0.15) is 50.8 Å². The van der Waals surface area contributed by atoms with E-state index in [-0.39, 0.29) is 0 Å². The van der Waals surface area contributed by atoms with Gasteiger partial charge in [0, 0.05) is 12.0 Å². The third-order valence-corrected chi connectivity index (χ3v) is 2.82. The van der Waals surface area contributed by atoms with Crippen LogP contribution in [0.4, 0.5) is 0 Å². The Hall–Kier alpha value is -0.830. The molecule has 2 rings (SSSR count). The molecule has 1 aromatic heterocycles. The van der Waals surface area contributed by atoms with Crippen molar-refractivity contribution in [3.05, 3.63) is 17.0 Å². The van der Waals surface area contributed by atoms with E-state index in [0.29, 0.717) is 23.6 Å². The highest BCUT2D eigenvalue weighted by molar-refractivity contribution is 6.29.